The van der Waals surface area contributed by atoms with Gasteiger partial charge in [0.15, 0.2) is 0 Å². The van der Waals surface area contributed by atoms with E-state index in [2.05, 4.69) is 68.6 Å². The summed E-state index contributed by atoms with van der Waals surface area (Å²) in [6.07, 6.45) is 13.4. The molecular weight excluding hydrogens is 346 g/mol. The molecule has 1 aliphatic carbocycles. The molecule has 0 spiro atoms. The molecule has 1 N–H and O–H groups in total. The second kappa shape index (κ2) is 12.6. The molecule has 0 heterocycles. The highest BCUT2D eigenvalue weighted by atomic mass is 16.5. The summed E-state index contributed by atoms with van der Waals surface area (Å²) in [4.78, 5) is 12.7. The highest BCUT2D eigenvalue weighted by molar-refractivity contribution is 5.73. The van der Waals surface area contributed by atoms with Gasteiger partial charge < -0.3 is 10.1 Å². The lowest BCUT2D eigenvalue weighted by Crippen LogP contribution is -2.35. The summed E-state index contributed by atoms with van der Waals surface area (Å²) >= 11 is 0. The van der Waals surface area contributed by atoms with Crippen molar-refractivity contribution in [1.29, 1.82) is 0 Å². The Labute approximate surface area is 171 Å². The zero-order valence-corrected chi connectivity index (χ0v) is 17.9. The molecule has 1 aliphatic rings. The molecule has 0 fully saturated rings. The Bertz CT molecular complexity index is 645. The first kappa shape index (κ1) is 22.4. The molecule has 0 amide bonds. The third kappa shape index (κ3) is 7.63. The topological polar surface area (TPSA) is 38.3 Å². The van der Waals surface area contributed by atoms with E-state index < -0.39 is 0 Å². The lowest BCUT2D eigenvalue weighted by Gasteiger charge is -2.24. The fourth-order valence-electron chi connectivity index (χ4n) is 3.50. The van der Waals surface area contributed by atoms with Crippen LogP contribution in [0.4, 0.5) is 0 Å². The summed E-state index contributed by atoms with van der Waals surface area (Å²) < 4.78 is 5.99. The van der Waals surface area contributed by atoms with Gasteiger partial charge in [-0.2, -0.15) is 0 Å². The van der Waals surface area contributed by atoms with E-state index in [0.717, 1.165) is 57.1 Å². The van der Waals surface area contributed by atoms with Crippen molar-refractivity contribution in [1.82, 2.24) is 5.32 Å². The second-order valence-electron chi connectivity index (χ2n) is 7.80. The van der Waals surface area contributed by atoms with Gasteiger partial charge in [0, 0.05) is 6.54 Å². The Balaban J connectivity index is 1.89. The van der Waals surface area contributed by atoms with E-state index in [1.165, 1.54) is 11.1 Å². The molecule has 0 radical (unpaired) electrons. The van der Waals surface area contributed by atoms with E-state index in [1.54, 1.807) is 0 Å². The van der Waals surface area contributed by atoms with Crippen molar-refractivity contribution in [2.75, 3.05) is 13.1 Å². The molecule has 1 aromatic carbocycles. The van der Waals surface area contributed by atoms with E-state index >= 15 is 0 Å². The summed E-state index contributed by atoms with van der Waals surface area (Å²) in [5.41, 5.74) is 3.75. The molecule has 154 valence electrons. The average Bonchev–Trinajstić information content (AvgIpc) is 2.72. The minimum Gasteiger partial charge on any atom is -0.456 e. The van der Waals surface area contributed by atoms with Crippen LogP contribution >= 0.6 is 0 Å². The molecule has 0 bridgehead atoms. The van der Waals surface area contributed by atoms with Crippen molar-refractivity contribution in [2.45, 2.75) is 71.8 Å². The monoisotopic (exact) mass is 383 g/mol. The van der Waals surface area contributed by atoms with Gasteiger partial charge in [-0.3, -0.25) is 4.79 Å². The van der Waals surface area contributed by atoms with Gasteiger partial charge in [-0.05, 0) is 56.7 Å². The van der Waals surface area contributed by atoms with Crippen LogP contribution < -0.4 is 5.32 Å². The number of hydrogen-bond acceptors (Lipinski definition) is 3. The summed E-state index contributed by atoms with van der Waals surface area (Å²) in [5.74, 6) is -0.0238. The van der Waals surface area contributed by atoms with Crippen molar-refractivity contribution in [3.63, 3.8) is 0 Å². The minimum atomic E-state index is -0.197. The van der Waals surface area contributed by atoms with E-state index in [-0.39, 0.29) is 18.0 Å². The Morgan fingerprint density at radius 2 is 1.96 bits per heavy atom. The van der Waals surface area contributed by atoms with Crippen LogP contribution in [0.25, 0.3) is 0 Å². The predicted molar refractivity (Wildman–Crippen MR) is 117 cm³/mol. The van der Waals surface area contributed by atoms with E-state index in [1.807, 2.05) is 0 Å². The van der Waals surface area contributed by atoms with Gasteiger partial charge >= 0.3 is 5.97 Å². The lowest BCUT2D eigenvalue weighted by atomic mass is 9.98. The molecule has 1 aromatic rings. The van der Waals surface area contributed by atoms with E-state index in [9.17, 15) is 4.79 Å². The first-order chi connectivity index (χ1) is 13.6. The molecule has 2 rings (SSSR count). The molecule has 1 unspecified atom stereocenters. The number of esters is 1. The number of benzene rings is 1. The Hall–Kier alpha value is -1.87. The summed E-state index contributed by atoms with van der Waals surface area (Å²) in [7, 11) is 0. The van der Waals surface area contributed by atoms with Crippen LogP contribution in [0.2, 0.25) is 0 Å². The van der Waals surface area contributed by atoms with Crippen LogP contribution in [0.5, 0.6) is 0 Å². The van der Waals surface area contributed by atoms with Crippen LogP contribution in [-0.2, 0) is 16.0 Å². The van der Waals surface area contributed by atoms with Crippen LogP contribution in [0.3, 0.4) is 0 Å². The van der Waals surface area contributed by atoms with Crippen LogP contribution in [0.15, 0.2) is 48.1 Å². The number of unbranched alkanes of at least 4 members (excludes halogenated alkanes) is 1. The molecule has 0 aromatic heterocycles. The maximum absolute atomic E-state index is 12.7. The van der Waals surface area contributed by atoms with Gasteiger partial charge in [-0.1, -0.05) is 74.7 Å². The SMILES string of the molecule is CCCCC(CC)C(=O)O[C@@H](CNCCc1ccc(C)cc1)C1=CCCC=C1. The number of carbonyl (C=O) groups is 1. The van der Waals surface area contributed by atoms with Gasteiger partial charge in [0.1, 0.15) is 6.10 Å². The number of rotatable bonds is 12. The number of ether oxygens (including phenoxy) is 1. The Morgan fingerprint density at radius 1 is 1.18 bits per heavy atom. The zero-order chi connectivity index (χ0) is 20.2. The summed E-state index contributed by atoms with van der Waals surface area (Å²) in [5, 5.41) is 3.50. The second-order valence-corrected chi connectivity index (χ2v) is 7.80. The van der Waals surface area contributed by atoms with Gasteiger partial charge in [-0.15, -0.1) is 0 Å². The van der Waals surface area contributed by atoms with E-state index in [0.29, 0.717) is 6.54 Å². The van der Waals surface area contributed by atoms with Crippen molar-refractivity contribution in [3.05, 3.63) is 59.2 Å². The number of carbonyl (C=O) groups excluding carboxylic acids is 1. The van der Waals surface area contributed by atoms with Crippen LogP contribution in [0, 0.1) is 12.8 Å². The van der Waals surface area contributed by atoms with E-state index in [4.69, 9.17) is 4.74 Å². The maximum atomic E-state index is 12.7. The quantitative estimate of drug-likeness (QED) is 0.381. The average molecular weight is 384 g/mol. The number of allylic oxidation sites excluding steroid dienone is 2. The van der Waals surface area contributed by atoms with Crippen molar-refractivity contribution >= 4 is 5.97 Å². The zero-order valence-electron chi connectivity index (χ0n) is 17.9. The number of hydrogen-bond donors (Lipinski definition) is 1. The summed E-state index contributed by atoms with van der Waals surface area (Å²) in [6.45, 7) is 7.89. The number of aryl methyl sites for hydroxylation is 1. The molecule has 0 aliphatic heterocycles. The molecule has 28 heavy (non-hydrogen) atoms. The molecule has 3 heteroatoms. The predicted octanol–water partition coefficient (Wildman–Crippen LogP) is 5.53. The fourth-order valence-corrected chi connectivity index (χ4v) is 3.50. The summed E-state index contributed by atoms with van der Waals surface area (Å²) in [6, 6.07) is 8.67. The van der Waals surface area contributed by atoms with Crippen molar-refractivity contribution < 1.29 is 9.53 Å². The largest absolute Gasteiger partial charge is 0.456 e. The number of nitrogens with one attached hydrogen (secondary N) is 1. The molecule has 0 saturated carbocycles. The molecule has 3 nitrogen and oxygen atoms in total. The third-order valence-electron chi connectivity index (χ3n) is 5.43. The van der Waals surface area contributed by atoms with Crippen LogP contribution in [0.1, 0.15) is 63.5 Å². The molecular formula is C25H37NO2. The molecule has 0 saturated heterocycles. The highest BCUT2D eigenvalue weighted by Crippen LogP contribution is 2.20. The van der Waals surface area contributed by atoms with Crippen molar-refractivity contribution in [3.8, 4) is 0 Å². The van der Waals surface area contributed by atoms with Gasteiger partial charge in [0.2, 0.25) is 0 Å². The van der Waals surface area contributed by atoms with Gasteiger partial charge in [-0.25, -0.2) is 0 Å². The molecule has 2 atom stereocenters. The smallest absolute Gasteiger partial charge is 0.309 e. The fraction of sp³-hybridized carbons (Fsp3) is 0.560. The standard InChI is InChI=1S/C25H37NO2/c1-4-6-10-22(5-2)25(27)28-24(23-11-8-7-9-12-23)19-26-18-17-21-15-13-20(3)14-16-21/h8,11-16,22,24,26H,4-7,9-10,17-19H2,1-3H3/t22?,24-/m0/s1. The van der Waals surface area contributed by atoms with Crippen LogP contribution in [-0.4, -0.2) is 25.2 Å². The van der Waals surface area contributed by atoms with Crippen molar-refractivity contribution in [2.24, 2.45) is 5.92 Å². The maximum Gasteiger partial charge on any atom is 0.309 e. The normalized spacial score (nSPS) is 15.8. The lowest BCUT2D eigenvalue weighted by molar-refractivity contribution is -0.152. The minimum absolute atomic E-state index is 0.0168. The van der Waals surface area contributed by atoms with Gasteiger partial charge in [0.05, 0.1) is 5.92 Å². The van der Waals surface area contributed by atoms with Gasteiger partial charge in [0.25, 0.3) is 0 Å². The Morgan fingerprint density at radius 3 is 2.61 bits per heavy atom. The Kier molecular flexibility index (Phi) is 10.1. The first-order valence-corrected chi connectivity index (χ1v) is 11.0. The third-order valence-corrected chi connectivity index (χ3v) is 5.43. The first-order valence-electron chi connectivity index (χ1n) is 11.0. The highest BCUT2D eigenvalue weighted by Gasteiger charge is 2.23.